The van der Waals surface area contributed by atoms with Crippen molar-refractivity contribution in [1.82, 2.24) is 9.97 Å². The lowest BCUT2D eigenvalue weighted by atomic mass is 10.1. The molecule has 0 aliphatic carbocycles. The number of aromatic nitrogens is 2. The highest BCUT2D eigenvalue weighted by Gasteiger charge is 2.20. The van der Waals surface area contributed by atoms with E-state index in [1.165, 1.54) is 0 Å². The SMILES string of the molecule is COc1ncnc(N2CCCC(N)C2)c1C. The van der Waals surface area contributed by atoms with E-state index in [-0.39, 0.29) is 6.04 Å². The number of nitrogens with two attached hydrogens (primary N) is 1. The van der Waals surface area contributed by atoms with Crippen LogP contribution in [0.5, 0.6) is 5.88 Å². The van der Waals surface area contributed by atoms with Crippen LogP contribution in [0.25, 0.3) is 0 Å². The van der Waals surface area contributed by atoms with Crippen LogP contribution in [0.3, 0.4) is 0 Å². The highest BCUT2D eigenvalue weighted by Crippen LogP contribution is 2.25. The van der Waals surface area contributed by atoms with E-state index in [9.17, 15) is 0 Å². The second-order valence-corrected chi connectivity index (χ2v) is 4.18. The number of ether oxygens (including phenoxy) is 1. The van der Waals surface area contributed by atoms with Crippen molar-refractivity contribution >= 4 is 5.82 Å². The van der Waals surface area contributed by atoms with Gasteiger partial charge in [-0.25, -0.2) is 9.97 Å². The molecule has 1 fully saturated rings. The van der Waals surface area contributed by atoms with Gasteiger partial charge in [-0.15, -0.1) is 0 Å². The van der Waals surface area contributed by atoms with Crippen molar-refractivity contribution in [3.05, 3.63) is 11.9 Å². The van der Waals surface area contributed by atoms with Gasteiger partial charge in [-0.2, -0.15) is 0 Å². The van der Waals surface area contributed by atoms with Gasteiger partial charge in [-0.05, 0) is 19.8 Å². The third-order valence-corrected chi connectivity index (χ3v) is 2.96. The van der Waals surface area contributed by atoms with E-state index in [1.807, 2.05) is 6.92 Å². The summed E-state index contributed by atoms with van der Waals surface area (Å²) in [6, 6.07) is 0.245. The van der Waals surface area contributed by atoms with E-state index in [0.717, 1.165) is 37.3 Å². The van der Waals surface area contributed by atoms with Gasteiger partial charge in [0.05, 0.1) is 12.7 Å². The largest absolute Gasteiger partial charge is 0.481 e. The Kier molecular flexibility index (Phi) is 3.24. The molecule has 2 N–H and O–H groups in total. The molecular formula is C11H18N4O. The zero-order valence-electron chi connectivity index (χ0n) is 9.81. The zero-order chi connectivity index (χ0) is 11.5. The molecule has 0 aromatic carbocycles. The summed E-state index contributed by atoms with van der Waals surface area (Å²) in [6.45, 7) is 3.85. The summed E-state index contributed by atoms with van der Waals surface area (Å²) in [7, 11) is 1.63. The molecule has 1 aromatic rings. The van der Waals surface area contributed by atoms with E-state index >= 15 is 0 Å². The van der Waals surface area contributed by atoms with Gasteiger partial charge >= 0.3 is 0 Å². The van der Waals surface area contributed by atoms with Crippen LogP contribution in [-0.4, -0.2) is 36.2 Å². The molecule has 1 aromatic heterocycles. The number of piperidine rings is 1. The molecule has 5 nitrogen and oxygen atoms in total. The quantitative estimate of drug-likeness (QED) is 0.798. The molecule has 0 amide bonds. The monoisotopic (exact) mass is 222 g/mol. The second-order valence-electron chi connectivity index (χ2n) is 4.18. The Morgan fingerprint density at radius 3 is 3.00 bits per heavy atom. The lowest BCUT2D eigenvalue weighted by molar-refractivity contribution is 0.392. The molecule has 2 heterocycles. The maximum absolute atomic E-state index is 5.97. The number of hydrogen-bond acceptors (Lipinski definition) is 5. The van der Waals surface area contributed by atoms with E-state index in [4.69, 9.17) is 10.5 Å². The molecule has 0 spiro atoms. The Hall–Kier alpha value is -1.36. The van der Waals surface area contributed by atoms with Crippen molar-refractivity contribution in [2.75, 3.05) is 25.1 Å². The maximum Gasteiger partial charge on any atom is 0.221 e. The summed E-state index contributed by atoms with van der Waals surface area (Å²) in [5.74, 6) is 1.59. The maximum atomic E-state index is 5.97. The van der Waals surface area contributed by atoms with Gasteiger partial charge in [0.2, 0.25) is 5.88 Å². The second kappa shape index (κ2) is 4.65. The van der Waals surface area contributed by atoms with Gasteiger partial charge in [-0.1, -0.05) is 0 Å². The summed E-state index contributed by atoms with van der Waals surface area (Å²) < 4.78 is 5.19. The molecule has 0 bridgehead atoms. The van der Waals surface area contributed by atoms with Gasteiger partial charge in [0, 0.05) is 19.1 Å². The van der Waals surface area contributed by atoms with Crippen LogP contribution < -0.4 is 15.4 Å². The molecule has 16 heavy (non-hydrogen) atoms. The molecule has 1 saturated heterocycles. The number of nitrogens with zero attached hydrogens (tertiary/aromatic N) is 3. The Morgan fingerprint density at radius 2 is 2.31 bits per heavy atom. The van der Waals surface area contributed by atoms with Crippen LogP contribution in [0, 0.1) is 6.92 Å². The summed E-state index contributed by atoms with van der Waals surface area (Å²) in [5, 5.41) is 0. The first kappa shape index (κ1) is 11.1. The van der Waals surface area contributed by atoms with Gasteiger partial charge in [0.25, 0.3) is 0 Å². The van der Waals surface area contributed by atoms with E-state index in [1.54, 1.807) is 13.4 Å². The fourth-order valence-corrected chi connectivity index (χ4v) is 2.15. The minimum Gasteiger partial charge on any atom is -0.481 e. The van der Waals surface area contributed by atoms with Crippen molar-refractivity contribution < 1.29 is 4.74 Å². The number of hydrogen-bond donors (Lipinski definition) is 1. The zero-order valence-corrected chi connectivity index (χ0v) is 9.81. The van der Waals surface area contributed by atoms with Crippen molar-refractivity contribution in [3.63, 3.8) is 0 Å². The molecule has 1 unspecified atom stereocenters. The summed E-state index contributed by atoms with van der Waals surface area (Å²) >= 11 is 0. The van der Waals surface area contributed by atoms with Crippen LogP contribution in [0.2, 0.25) is 0 Å². The molecule has 88 valence electrons. The molecule has 1 atom stereocenters. The topological polar surface area (TPSA) is 64.3 Å². The van der Waals surface area contributed by atoms with Crippen LogP contribution in [0.1, 0.15) is 18.4 Å². The molecule has 0 saturated carbocycles. The smallest absolute Gasteiger partial charge is 0.221 e. The van der Waals surface area contributed by atoms with Crippen molar-refractivity contribution in [2.45, 2.75) is 25.8 Å². The predicted octanol–water partition coefficient (Wildman–Crippen LogP) is 0.721. The first-order valence-electron chi connectivity index (χ1n) is 5.58. The third-order valence-electron chi connectivity index (χ3n) is 2.96. The van der Waals surface area contributed by atoms with Crippen molar-refractivity contribution in [2.24, 2.45) is 5.73 Å². The first-order valence-corrected chi connectivity index (χ1v) is 5.58. The molecule has 2 rings (SSSR count). The fraction of sp³-hybridized carbons (Fsp3) is 0.636. The lowest BCUT2D eigenvalue weighted by Gasteiger charge is -2.32. The average molecular weight is 222 g/mol. The van der Waals surface area contributed by atoms with E-state index in [2.05, 4.69) is 14.9 Å². The lowest BCUT2D eigenvalue weighted by Crippen LogP contribution is -2.43. The first-order chi connectivity index (χ1) is 7.72. The number of rotatable bonds is 2. The molecule has 5 heteroatoms. The van der Waals surface area contributed by atoms with Crippen LogP contribution in [0.4, 0.5) is 5.82 Å². The van der Waals surface area contributed by atoms with Crippen LogP contribution in [-0.2, 0) is 0 Å². The standard InChI is InChI=1S/C11H18N4O/c1-8-10(13-7-14-11(8)16-2)15-5-3-4-9(12)6-15/h7,9H,3-6,12H2,1-2H3. The third kappa shape index (κ3) is 2.09. The Morgan fingerprint density at radius 1 is 1.50 bits per heavy atom. The Labute approximate surface area is 95.6 Å². The van der Waals surface area contributed by atoms with Gasteiger partial charge in [0.15, 0.2) is 0 Å². The molecular weight excluding hydrogens is 204 g/mol. The van der Waals surface area contributed by atoms with Gasteiger partial charge in [0.1, 0.15) is 12.1 Å². The molecule has 0 radical (unpaired) electrons. The van der Waals surface area contributed by atoms with Crippen LogP contribution in [0.15, 0.2) is 6.33 Å². The molecule has 1 aliphatic heterocycles. The highest BCUT2D eigenvalue weighted by atomic mass is 16.5. The fourth-order valence-electron chi connectivity index (χ4n) is 2.15. The van der Waals surface area contributed by atoms with E-state index < -0.39 is 0 Å². The van der Waals surface area contributed by atoms with Gasteiger partial charge < -0.3 is 15.4 Å². The van der Waals surface area contributed by atoms with Crippen molar-refractivity contribution in [1.29, 1.82) is 0 Å². The predicted molar refractivity (Wildman–Crippen MR) is 62.7 cm³/mol. The summed E-state index contributed by atoms with van der Waals surface area (Å²) in [5.41, 5.74) is 6.95. The van der Waals surface area contributed by atoms with Crippen LogP contribution >= 0.6 is 0 Å². The number of anilines is 1. The Balaban J connectivity index is 2.25. The average Bonchev–Trinajstić information content (AvgIpc) is 2.29. The van der Waals surface area contributed by atoms with E-state index in [0.29, 0.717) is 5.88 Å². The Bertz CT molecular complexity index is 369. The highest BCUT2D eigenvalue weighted by molar-refractivity contribution is 5.50. The normalized spacial score (nSPS) is 20.9. The minimum atomic E-state index is 0.245. The summed E-state index contributed by atoms with van der Waals surface area (Å²) in [4.78, 5) is 10.6. The number of methoxy groups -OCH3 is 1. The summed E-state index contributed by atoms with van der Waals surface area (Å²) in [6.07, 6.45) is 3.76. The van der Waals surface area contributed by atoms with Crippen molar-refractivity contribution in [3.8, 4) is 5.88 Å². The molecule has 1 aliphatic rings. The minimum absolute atomic E-state index is 0.245. The van der Waals surface area contributed by atoms with Gasteiger partial charge in [-0.3, -0.25) is 0 Å².